The maximum absolute atomic E-state index is 13.4. The predicted molar refractivity (Wildman–Crippen MR) is 89.8 cm³/mol. The molecule has 26 heavy (non-hydrogen) atoms. The molecule has 8 heteroatoms. The molecular formula is C18H19F2N3O3. The summed E-state index contributed by atoms with van der Waals surface area (Å²) >= 11 is 0. The third kappa shape index (κ3) is 3.58. The molecule has 1 aliphatic rings. The first-order chi connectivity index (χ1) is 12.3. The van der Waals surface area contributed by atoms with Crippen molar-refractivity contribution < 1.29 is 23.5 Å². The Balaban J connectivity index is 1.67. The fraction of sp³-hybridized carbons (Fsp3) is 0.389. The van der Waals surface area contributed by atoms with Gasteiger partial charge in [0.1, 0.15) is 0 Å². The fourth-order valence-corrected chi connectivity index (χ4v) is 3.11. The molecule has 2 atom stereocenters. The Morgan fingerprint density at radius 2 is 2.04 bits per heavy atom. The zero-order valence-corrected chi connectivity index (χ0v) is 14.4. The molecule has 6 nitrogen and oxygen atoms in total. The first kappa shape index (κ1) is 18.0. The number of aromatic nitrogens is 2. The largest absolute Gasteiger partial charge is 0.481 e. The number of carbonyl (C=O) groups excluding carboxylic acids is 1. The van der Waals surface area contributed by atoms with E-state index in [1.165, 1.54) is 6.07 Å². The number of nitrogens with one attached hydrogen (secondary N) is 1. The highest BCUT2D eigenvalue weighted by Crippen LogP contribution is 2.48. The van der Waals surface area contributed by atoms with Crippen molar-refractivity contribution in [3.63, 3.8) is 0 Å². The van der Waals surface area contributed by atoms with Crippen LogP contribution in [-0.4, -0.2) is 26.8 Å². The normalized spacial score (nSPS) is 18.6. The molecular weight excluding hydrogens is 344 g/mol. The van der Waals surface area contributed by atoms with Gasteiger partial charge in [-0.1, -0.05) is 6.07 Å². The van der Waals surface area contributed by atoms with Crippen molar-refractivity contribution in [2.24, 2.45) is 5.92 Å². The van der Waals surface area contributed by atoms with Gasteiger partial charge in [-0.3, -0.25) is 14.3 Å². The molecule has 1 aromatic carbocycles. The van der Waals surface area contributed by atoms with Crippen LogP contribution in [0.3, 0.4) is 0 Å². The van der Waals surface area contributed by atoms with Crippen LogP contribution < -0.4 is 5.32 Å². The number of hydrogen-bond acceptors (Lipinski definition) is 3. The lowest BCUT2D eigenvalue weighted by Crippen LogP contribution is -2.16. The van der Waals surface area contributed by atoms with E-state index >= 15 is 0 Å². The van der Waals surface area contributed by atoms with Gasteiger partial charge in [0.05, 0.1) is 30.0 Å². The number of anilines is 1. The molecule has 2 N–H and O–H groups in total. The summed E-state index contributed by atoms with van der Waals surface area (Å²) in [4.78, 5) is 23.2. The lowest BCUT2D eigenvalue weighted by Gasteiger charge is -2.07. The van der Waals surface area contributed by atoms with E-state index in [1.54, 1.807) is 18.5 Å². The molecule has 1 heterocycles. The minimum absolute atomic E-state index is 0.0593. The van der Waals surface area contributed by atoms with E-state index in [0.717, 1.165) is 12.1 Å². The molecule has 3 rings (SSSR count). The lowest BCUT2D eigenvalue weighted by atomic mass is 10.1. The quantitative estimate of drug-likeness (QED) is 0.826. The second-order valence-corrected chi connectivity index (χ2v) is 6.52. The van der Waals surface area contributed by atoms with E-state index in [0.29, 0.717) is 29.1 Å². The van der Waals surface area contributed by atoms with E-state index in [1.807, 2.05) is 0 Å². The number of benzene rings is 1. The minimum atomic E-state index is -0.921. The Kier molecular flexibility index (Phi) is 4.76. The van der Waals surface area contributed by atoms with Crippen LogP contribution in [0.2, 0.25) is 0 Å². The van der Waals surface area contributed by atoms with Crippen molar-refractivity contribution in [1.82, 2.24) is 9.78 Å². The van der Waals surface area contributed by atoms with Gasteiger partial charge >= 0.3 is 5.97 Å². The third-order valence-electron chi connectivity index (χ3n) is 4.67. The molecule has 0 spiro atoms. The first-order valence-corrected chi connectivity index (χ1v) is 8.29. The standard InChI is InChI=1S/C18H19F2N3O3/c1-9-17(10(2)23(22-9)6-5-16(24)25)21-18(26)13-8-12(13)11-3-4-14(19)15(20)7-11/h3-4,7,12-13H,5-6,8H2,1-2H3,(H,21,26)(H,24,25). The summed E-state index contributed by atoms with van der Waals surface area (Å²) in [5.41, 5.74) is 2.46. The minimum Gasteiger partial charge on any atom is -0.481 e. The van der Waals surface area contributed by atoms with Crippen LogP contribution in [-0.2, 0) is 16.1 Å². The highest BCUT2D eigenvalue weighted by molar-refractivity contribution is 5.96. The summed E-state index contributed by atoms with van der Waals surface area (Å²) in [5, 5.41) is 15.9. The molecule has 2 aromatic rings. The summed E-state index contributed by atoms with van der Waals surface area (Å²) in [7, 11) is 0. The average Bonchev–Trinajstić information content (AvgIpc) is 3.33. The second kappa shape index (κ2) is 6.86. The van der Waals surface area contributed by atoms with Crippen molar-refractivity contribution in [2.45, 2.75) is 39.2 Å². The van der Waals surface area contributed by atoms with Crippen molar-refractivity contribution in [3.05, 3.63) is 46.8 Å². The average molecular weight is 363 g/mol. The fourth-order valence-electron chi connectivity index (χ4n) is 3.11. The number of carbonyl (C=O) groups is 2. The van der Waals surface area contributed by atoms with Gasteiger partial charge in [0.15, 0.2) is 11.6 Å². The molecule has 0 aliphatic heterocycles. The molecule has 0 bridgehead atoms. The van der Waals surface area contributed by atoms with Crippen molar-refractivity contribution >= 4 is 17.6 Å². The second-order valence-electron chi connectivity index (χ2n) is 6.52. The molecule has 0 saturated heterocycles. The van der Waals surface area contributed by atoms with Gasteiger partial charge in [0.2, 0.25) is 5.91 Å². The first-order valence-electron chi connectivity index (χ1n) is 8.29. The molecule has 1 amide bonds. The molecule has 1 aromatic heterocycles. The van der Waals surface area contributed by atoms with E-state index in [4.69, 9.17) is 5.11 Å². The van der Waals surface area contributed by atoms with Crippen LogP contribution in [0.5, 0.6) is 0 Å². The molecule has 1 aliphatic carbocycles. The smallest absolute Gasteiger partial charge is 0.305 e. The highest BCUT2D eigenvalue weighted by Gasteiger charge is 2.44. The number of carboxylic acids is 1. The maximum atomic E-state index is 13.4. The SMILES string of the molecule is Cc1nn(CCC(=O)O)c(C)c1NC(=O)C1CC1c1ccc(F)c(F)c1. The van der Waals surface area contributed by atoms with Gasteiger partial charge in [-0.05, 0) is 43.9 Å². The number of nitrogens with zero attached hydrogens (tertiary/aromatic N) is 2. The van der Waals surface area contributed by atoms with E-state index in [9.17, 15) is 18.4 Å². The topological polar surface area (TPSA) is 84.2 Å². The van der Waals surface area contributed by atoms with E-state index < -0.39 is 17.6 Å². The number of hydrogen-bond donors (Lipinski definition) is 2. The van der Waals surface area contributed by atoms with E-state index in [-0.39, 0.29) is 30.7 Å². The zero-order chi connectivity index (χ0) is 19.0. The van der Waals surface area contributed by atoms with Gasteiger partial charge in [-0.2, -0.15) is 5.10 Å². The summed E-state index contributed by atoms with van der Waals surface area (Å²) in [6, 6.07) is 3.70. The molecule has 2 unspecified atom stereocenters. The molecule has 1 saturated carbocycles. The number of halogens is 2. The van der Waals surface area contributed by atoms with E-state index in [2.05, 4.69) is 10.4 Å². The highest BCUT2D eigenvalue weighted by atomic mass is 19.2. The van der Waals surface area contributed by atoms with Gasteiger partial charge in [-0.25, -0.2) is 8.78 Å². The van der Waals surface area contributed by atoms with Gasteiger partial charge in [-0.15, -0.1) is 0 Å². The molecule has 0 radical (unpaired) electrons. The Bertz CT molecular complexity index is 879. The number of amides is 1. The van der Waals surface area contributed by atoms with Crippen LogP contribution in [0.4, 0.5) is 14.5 Å². The summed E-state index contributed by atoms with van der Waals surface area (Å²) in [6.07, 6.45) is 0.512. The van der Waals surface area contributed by atoms with Crippen LogP contribution in [0.1, 0.15) is 35.7 Å². The summed E-state index contributed by atoms with van der Waals surface area (Å²) in [5.74, 6) is -3.39. The maximum Gasteiger partial charge on any atom is 0.305 e. The lowest BCUT2D eigenvalue weighted by molar-refractivity contribution is -0.137. The van der Waals surface area contributed by atoms with Gasteiger partial charge in [0.25, 0.3) is 0 Å². The number of aryl methyl sites for hydroxylation is 2. The Hall–Kier alpha value is -2.77. The van der Waals surface area contributed by atoms with Crippen LogP contribution >= 0.6 is 0 Å². The van der Waals surface area contributed by atoms with Crippen molar-refractivity contribution in [2.75, 3.05) is 5.32 Å². The van der Waals surface area contributed by atoms with Crippen LogP contribution in [0.25, 0.3) is 0 Å². The van der Waals surface area contributed by atoms with Crippen LogP contribution in [0.15, 0.2) is 18.2 Å². The predicted octanol–water partition coefficient (Wildman–Crippen LogP) is 3.00. The molecule has 1 fully saturated rings. The Labute approximate surface area is 148 Å². The third-order valence-corrected chi connectivity index (χ3v) is 4.67. The van der Waals surface area contributed by atoms with Gasteiger partial charge < -0.3 is 10.4 Å². The van der Waals surface area contributed by atoms with Crippen molar-refractivity contribution in [1.29, 1.82) is 0 Å². The number of carboxylic acid groups (broad SMARTS) is 1. The Morgan fingerprint density at radius 3 is 2.69 bits per heavy atom. The summed E-state index contributed by atoms with van der Waals surface area (Å²) in [6.45, 7) is 3.72. The van der Waals surface area contributed by atoms with Crippen molar-refractivity contribution in [3.8, 4) is 0 Å². The number of rotatable bonds is 6. The Morgan fingerprint density at radius 1 is 1.31 bits per heavy atom. The molecule has 138 valence electrons. The van der Waals surface area contributed by atoms with Crippen LogP contribution in [0, 0.1) is 31.4 Å². The van der Waals surface area contributed by atoms with Gasteiger partial charge in [0, 0.05) is 5.92 Å². The number of aliphatic carboxylic acids is 1. The zero-order valence-electron chi connectivity index (χ0n) is 14.4. The monoisotopic (exact) mass is 363 g/mol. The summed E-state index contributed by atoms with van der Waals surface area (Å²) < 4.78 is 27.9.